The van der Waals surface area contributed by atoms with Gasteiger partial charge in [-0.3, -0.25) is 9.59 Å². The Kier molecular flexibility index (Phi) is 7.80. The number of hydrogen-bond donors (Lipinski definition) is 2. The van der Waals surface area contributed by atoms with E-state index in [-0.39, 0.29) is 18.0 Å². The van der Waals surface area contributed by atoms with Crippen LogP contribution in [0, 0.1) is 13.8 Å². The maximum atomic E-state index is 12.3. The van der Waals surface area contributed by atoms with Crippen LogP contribution >= 0.6 is 0 Å². The van der Waals surface area contributed by atoms with E-state index in [1.807, 2.05) is 32.0 Å². The predicted octanol–water partition coefficient (Wildman–Crippen LogP) is 2.62. The summed E-state index contributed by atoms with van der Waals surface area (Å²) in [7, 11) is 2.94. The molecule has 0 saturated carbocycles. The lowest BCUT2D eigenvalue weighted by Gasteiger charge is -2.15. The number of ether oxygens (including phenoxy) is 3. The van der Waals surface area contributed by atoms with Gasteiger partial charge in [0.1, 0.15) is 0 Å². The van der Waals surface area contributed by atoms with Gasteiger partial charge in [-0.05, 0) is 50.1 Å². The zero-order chi connectivity index (χ0) is 22.3. The van der Waals surface area contributed by atoms with Crippen LogP contribution in [0.2, 0.25) is 0 Å². The van der Waals surface area contributed by atoms with Crippen LogP contribution in [0.15, 0.2) is 36.4 Å². The second-order valence-electron chi connectivity index (χ2n) is 6.65. The number of carbonyl (C=O) groups is 3. The second kappa shape index (κ2) is 10.3. The van der Waals surface area contributed by atoms with Crippen molar-refractivity contribution < 1.29 is 28.6 Å². The number of carbonyl (C=O) groups excluding carboxylic acids is 3. The van der Waals surface area contributed by atoms with E-state index < -0.39 is 18.0 Å². The van der Waals surface area contributed by atoms with Gasteiger partial charge < -0.3 is 24.8 Å². The standard InChI is InChI=1S/C22H26N2O6/c1-13-7-6-8-14(2)20(13)24-19(25)12-23-21(26)15(3)30-22(27)16-9-10-17(28-4)18(11-16)29-5/h6-11,15H,12H2,1-5H3,(H,23,26)(H,24,25). The Morgan fingerprint density at radius 2 is 1.60 bits per heavy atom. The first kappa shape index (κ1) is 22.7. The molecule has 0 aliphatic heterocycles. The van der Waals surface area contributed by atoms with Crippen molar-refractivity contribution >= 4 is 23.5 Å². The van der Waals surface area contributed by atoms with E-state index >= 15 is 0 Å². The van der Waals surface area contributed by atoms with Crippen molar-refractivity contribution in [1.82, 2.24) is 5.32 Å². The van der Waals surface area contributed by atoms with Gasteiger partial charge in [-0.25, -0.2) is 4.79 Å². The van der Waals surface area contributed by atoms with Crippen LogP contribution in [0.3, 0.4) is 0 Å². The molecule has 0 aliphatic rings. The number of para-hydroxylation sites is 1. The van der Waals surface area contributed by atoms with Gasteiger partial charge in [0.05, 0.1) is 26.3 Å². The van der Waals surface area contributed by atoms with Gasteiger partial charge in [-0.2, -0.15) is 0 Å². The van der Waals surface area contributed by atoms with Crippen LogP contribution in [-0.2, 0) is 14.3 Å². The summed E-state index contributed by atoms with van der Waals surface area (Å²) in [6.07, 6.45) is -1.08. The molecule has 0 bridgehead atoms. The number of esters is 1. The topological polar surface area (TPSA) is 103 Å². The molecule has 2 amide bonds. The summed E-state index contributed by atoms with van der Waals surface area (Å²) in [6.45, 7) is 4.95. The van der Waals surface area contributed by atoms with Crippen LogP contribution in [-0.4, -0.2) is 44.7 Å². The third kappa shape index (κ3) is 5.73. The zero-order valence-electron chi connectivity index (χ0n) is 17.7. The van der Waals surface area contributed by atoms with Crippen LogP contribution in [0.5, 0.6) is 11.5 Å². The minimum atomic E-state index is -1.08. The summed E-state index contributed by atoms with van der Waals surface area (Å²) in [5.41, 5.74) is 2.77. The maximum Gasteiger partial charge on any atom is 0.339 e. The molecule has 2 aromatic carbocycles. The highest BCUT2D eigenvalue weighted by molar-refractivity contribution is 5.97. The number of hydrogen-bond acceptors (Lipinski definition) is 6. The fourth-order valence-electron chi connectivity index (χ4n) is 2.75. The molecule has 2 aromatic rings. The average Bonchev–Trinajstić information content (AvgIpc) is 2.73. The third-order valence-electron chi connectivity index (χ3n) is 4.44. The summed E-state index contributed by atoms with van der Waals surface area (Å²) in [4.78, 5) is 36.7. The van der Waals surface area contributed by atoms with Gasteiger partial charge in [0.25, 0.3) is 5.91 Å². The van der Waals surface area contributed by atoms with Crippen molar-refractivity contribution in [2.24, 2.45) is 0 Å². The van der Waals surface area contributed by atoms with Gasteiger partial charge in [-0.15, -0.1) is 0 Å². The predicted molar refractivity (Wildman–Crippen MR) is 112 cm³/mol. The molecule has 0 heterocycles. The summed E-state index contributed by atoms with van der Waals surface area (Å²) < 4.78 is 15.5. The Bertz CT molecular complexity index is 921. The molecule has 2 N–H and O–H groups in total. The molecule has 8 heteroatoms. The SMILES string of the molecule is COc1ccc(C(=O)OC(C)C(=O)NCC(=O)Nc2c(C)cccc2C)cc1OC. The first-order valence-corrected chi connectivity index (χ1v) is 9.33. The molecule has 0 fully saturated rings. The highest BCUT2D eigenvalue weighted by Gasteiger charge is 2.20. The van der Waals surface area contributed by atoms with E-state index in [9.17, 15) is 14.4 Å². The van der Waals surface area contributed by atoms with E-state index in [4.69, 9.17) is 14.2 Å². The smallest absolute Gasteiger partial charge is 0.339 e. The van der Waals surface area contributed by atoms with Crippen molar-refractivity contribution in [2.45, 2.75) is 26.9 Å². The fourth-order valence-corrected chi connectivity index (χ4v) is 2.75. The molecule has 1 unspecified atom stereocenters. The van der Waals surface area contributed by atoms with Gasteiger partial charge in [0.15, 0.2) is 17.6 Å². The van der Waals surface area contributed by atoms with Gasteiger partial charge >= 0.3 is 5.97 Å². The van der Waals surface area contributed by atoms with Crippen molar-refractivity contribution in [3.8, 4) is 11.5 Å². The largest absolute Gasteiger partial charge is 0.493 e. The lowest BCUT2D eigenvalue weighted by atomic mass is 10.1. The van der Waals surface area contributed by atoms with Crippen molar-refractivity contribution in [3.05, 3.63) is 53.1 Å². The Labute approximate surface area is 175 Å². The molecule has 0 spiro atoms. The lowest BCUT2D eigenvalue weighted by Crippen LogP contribution is -2.40. The molecule has 0 aliphatic carbocycles. The average molecular weight is 414 g/mol. The molecule has 0 saturated heterocycles. The van der Waals surface area contributed by atoms with E-state index in [0.717, 1.165) is 11.1 Å². The highest BCUT2D eigenvalue weighted by Crippen LogP contribution is 2.28. The van der Waals surface area contributed by atoms with Gasteiger partial charge in [0, 0.05) is 5.69 Å². The van der Waals surface area contributed by atoms with Crippen LogP contribution in [0.25, 0.3) is 0 Å². The number of benzene rings is 2. The van der Waals surface area contributed by atoms with Gasteiger partial charge in [-0.1, -0.05) is 18.2 Å². The number of aryl methyl sites for hydroxylation is 2. The Morgan fingerprint density at radius 1 is 0.967 bits per heavy atom. The summed E-state index contributed by atoms with van der Waals surface area (Å²) in [6, 6.07) is 10.2. The third-order valence-corrected chi connectivity index (χ3v) is 4.44. The first-order chi connectivity index (χ1) is 14.3. The molecule has 0 aromatic heterocycles. The molecule has 30 heavy (non-hydrogen) atoms. The maximum absolute atomic E-state index is 12.3. The molecule has 2 rings (SSSR count). The van der Waals surface area contributed by atoms with Gasteiger partial charge in [0.2, 0.25) is 5.91 Å². The van der Waals surface area contributed by atoms with Crippen LogP contribution in [0.4, 0.5) is 5.69 Å². The Balaban J connectivity index is 1.90. The lowest BCUT2D eigenvalue weighted by molar-refractivity contribution is -0.130. The highest BCUT2D eigenvalue weighted by atomic mass is 16.5. The normalized spacial score (nSPS) is 11.2. The second-order valence-corrected chi connectivity index (χ2v) is 6.65. The fraction of sp³-hybridized carbons (Fsp3) is 0.318. The van der Waals surface area contributed by atoms with E-state index in [1.165, 1.54) is 33.3 Å². The van der Waals surface area contributed by atoms with Crippen molar-refractivity contribution in [1.29, 1.82) is 0 Å². The molecular weight excluding hydrogens is 388 g/mol. The van der Waals surface area contributed by atoms with Crippen molar-refractivity contribution in [2.75, 3.05) is 26.1 Å². The zero-order valence-corrected chi connectivity index (χ0v) is 17.7. The van der Waals surface area contributed by atoms with E-state index in [0.29, 0.717) is 17.2 Å². The monoisotopic (exact) mass is 414 g/mol. The summed E-state index contributed by atoms with van der Waals surface area (Å²) >= 11 is 0. The number of rotatable bonds is 8. The van der Waals surface area contributed by atoms with E-state index in [2.05, 4.69) is 10.6 Å². The molecule has 0 radical (unpaired) electrons. The summed E-state index contributed by atoms with van der Waals surface area (Å²) in [5.74, 6) is -0.819. The van der Waals surface area contributed by atoms with Crippen LogP contribution < -0.4 is 20.1 Å². The van der Waals surface area contributed by atoms with E-state index in [1.54, 1.807) is 6.07 Å². The minimum absolute atomic E-state index is 0.208. The molecular formula is C22H26N2O6. The quantitative estimate of drug-likeness (QED) is 0.644. The number of anilines is 1. The first-order valence-electron chi connectivity index (χ1n) is 9.33. The number of methoxy groups -OCH3 is 2. The van der Waals surface area contributed by atoms with Crippen molar-refractivity contribution in [3.63, 3.8) is 0 Å². The Morgan fingerprint density at radius 3 is 2.20 bits per heavy atom. The molecule has 160 valence electrons. The summed E-state index contributed by atoms with van der Waals surface area (Å²) in [5, 5.41) is 5.24. The minimum Gasteiger partial charge on any atom is -0.493 e. The molecule has 1 atom stereocenters. The number of amides is 2. The van der Waals surface area contributed by atoms with Crippen LogP contribution in [0.1, 0.15) is 28.4 Å². The Hall–Kier alpha value is -3.55. The molecule has 8 nitrogen and oxygen atoms in total. The number of nitrogens with one attached hydrogen (secondary N) is 2.